The monoisotopic (exact) mass is 509 g/mol. The quantitative estimate of drug-likeness (QED) is 0.522. The SMILES string of the molecule is O=C(Cc1nc2ccc(-c3ccccc3)cc2s1)NCC1=CC=C(S(=O)(=O)N2CCOCC2)CC1. The number of carbonyl (C=O) groups excluding carboxylic acids is 1. The number of rotatable bonds is 7. The number of hydrogen-bond acceptors (Lipinski definition) is 6. The van der Waals surface area contributed by atoms with Crippen molar-refractivity contribution in [3.8, 4) is 11.1 Å². The molecule has 2 heterocycles. The Morgan fingerprint density at radius 2 is 1.83 bits per heavy atom. The number of allylic oxidation sites excluding steroid dienone is 3. The first kappa shape index (κ1) is 23.9. The number of nitrogens with zero attached hydrogens (tertiary/aromatic N) is 2. The van der Waals surface area contributed by atoms with Gasteiger partial charge in [0, 0.05) is 19.6 Å². The number of carbonyl (C=O) groups is 1. The largest absolute Gasteiger partial charge is 0.379 e. The molecule has 1 fully saturated rings. The molecule has 0 atom stereocenters. The third kappa shape index (κ3) is 5.54. The van der Waals surface area contributed by atoms with E-state index in [0.717, 1.165) is 31.9 Å². The van der Waals surface area contributed by atoms with Gasteiger partial charge in [0.1, 0.15) is 5.01 Å². The van der Waals surface area contributed by atoms with Gasteiger partial charge in [-0.05, 0) is 42.2 Å². The molecular formula is C26H27N3O4S2. The van der Waals surface area contributed by atoms with Crippen LogP contribution in [0.5, 0.6) is 0 Å². The molecule has 3 aromatic rings. The number of thiazole rings is 1. The number of hydrogen-bond donors (Lipinski definition) is 1. The van der Waals surface area contributed by atoms with Gasteiger partial charge in [0.25, 0.3) is 0 Å². The van der Waals surface area contributed by atoms with E-state index in [1.807, 2.05) is 30.3 Å². The molecular weight excluding hydrogens is 482 g/mol. The van der Waals surface area contributed by atoms with Crippen molar-refractivity contribution in [3.05, 3.63) is 76.2 Å². The van der Waals surface area contributed by atoms with E-state index in [0.29, 0.717) is 50.6 Å². The average Bonchev–Trinajstić information content (AvgIpc) is 3.30. The molecule has 1 aliphatic carbocycles. The van der Waals surface area contributed by atoms with Gasteiger partial charge in [0.05, 0.1) is 34.8 Å². The lowest BCUT2D eigenvalue weighted by atomic mass is 10.1. The fraction of sp³-hybridized carbons (Fsp3) is 0.308. The van der Waals surface area contributed by atoms with Crippen molar-refractivity contribution in [3.63, 3.8) is 0 Å². The van der Waals surface area contributed by atoms with E-state index in [9.17, 15) is 13.2 Å². The molecule has 9 heteroatoms. The summed E-state index contributed by atoms with van der Waals surface area (Å²) in [4.78, 5) is 17.6. The van der Waals surface area contributed by atoms with Crippen LogP contribution in [0.3, 0.4) is 0 Å². The van der Waals surface area contributed by atoms with Crippen molar-refractivity contribution >= 4 is 37.5 Å². The van der Waals surface area contributed by atoms with E-state index in [4.69, 9.17) is 4.74 Å². The lowest BCUT2D eigenvalue weighted by Crippen LogP contribution is -2.41. The van der Waals surface area contributed by atoms with Crippen molar-refractivity contribution < 1.29 is 17.9 Å². The Morgan fingerprint density at radius 3 is 2.57 bits per heavy atom. The highest BCUT2D eigenvalue weighted by Crippen LogP contribution is 2.29. The predicted molar refractivity (Wildman–Crippen MR) is 138 cm³/mol. The Bertz CT molecular complexity index is 1390. The van der Waals surface area contributed by atoms with Crippen LogP contribution in [-0.2, 0) is 26.0 Å². The number of sulfonamides is 1. The Labute approximate surface area is 209 Å². The summed E-state index contributed by atoms with van der Waals surface area (Å²) in [5.74, 6) is -0.0936. The van der Waals surface area contributed by atoms with E-state index < -0.39 is 10.0 Å². The predicted octanol–water partition coefficient (Wildman–Crippen LogP) is 3.89. The van der Waals surface area contributed by atoms with Crippen molar-refractivity contribution in [2.45, 2.75) is 19.3 Å². The number of aromatic nitrogens is 1. The van der Waals surface area contributed by atoms with Crippen LogP contribution in [0.15, 0.2) is 71.2 Å². The molecule has 1 aliphatic heterocycles. The third-order valence-electron chi connectivity index (χ3n) is 6.20. The van der Waals surface area contributed by atoms with Crippen LogP contribution in [0.4, 0.5) is 0 Å². The van der Waals surface area contributed by atoms with Crippen molar-refractivity contribution in [2.75, 3.05) is 32.8 Å². The molecule has 5 rings (SSSR count). The highest BCUT2D eigenvalue weighted by atomic mass is 32.2. The molecule has 35 heavy (non-hydrogen) atoms. The minimum Gasteiger partial charge on any atom is -0.379 e. The number of ether oxygens (including phenoxy) is 1. The van der Waals surface area contributed by atoms with E-state index in [2.05, 4.69) is 34.6 Å². The van der Waals surface area contributed by atoms with Crippen molar-refractivity contribution in [2.24, 2.45) is 0 Å². The maximum atomic E-state index is 12.8. The second-order valence-corrected chi connectivity index (χ2v) is 11.7. The van der Waals surface area contributed by atoms with Crippen LogP contribution in [0.1, 0.15) is 17.8 Å². The topological polar surface area (TPSA) is 88.6 Å². The number of morpholine rings is 1. The molecule has 0 saturated carbocycles. The summed E-state index contributed by atoms with van der Waals surface area (Å²) in [5.41, 5.74) is 4.19. The lowest BCUT2D eigenvalue weighted by molar-refractivity contribution is -0.120. The zero-order valence-electron chi connectivity index (χ0n) is 19.3. The summed E-state index contributed by atoms with van der Waals surface area (Å²) in [6.07, 6.45) is 4.77. The average molecular weight is 510 g/mol. The van der Waals surface area contributed by atoms with Gasteiger partial charge in [-0.3, -0.25) is 4.79 Å². The zero-order valence-corrected chi connectivity index (χ0v) is 20.9. The lowest BCUT2D eigenvalue weighted by Gasteiger charge is -2.28. The Morgan fingerprint density at radius 1 is 1.03 bits per heavy atom. The molecule has 1 N–H and O–H groups in total. The molecule has 1 amide bonds. The van der Waals surface area contributed by atoms with E-state index >= 15 is 0 Å². The molecule has 1 aromatic heterocycles. The van der Waals surface area contributed by atoms with Crippen LogP contribution in [0.25, 0.3) is 21.3 Å². The van der Waals surface area contributed by atoms with E-state index in [1.54, 1.807) is 6.08 Å². The summed E-state index contributed by atoms with van der Waals surface area (Å²) in [5, 5.41) is 3.73. The molecule has 2 aliphatic rings. The van der Waals surface area contributed by atoms with E-state index in [1.165, 1.54) is 15.6 Å². The number of fused-ring (bicyclic) bond motifs is 1. The van der Waals surface area contributed by atoms with Crippen LogP contribution >= 0.6 is 11.3 Å². The first-order chi connectivity index (χ1) is 17.0. The molecule has 7 nitrogen and oxygen atoms in total. The summed E-state index contributed by atoms with van der Waals surface area (Å²) in [7, 11) is -3.44. The minimum absolute atomic E-state index is 0.0936. The van der Waals surface area contributed by atoms with Crippen molar-refractivity contribution in [1.29, 1.82) is 0 Å². The maximum absolute atomic E-state index is 12.8. The molecule has 2 aromatic carbocycles. The van der Waals surface area contributed by atoms with Gasteiger partial charge in [-0.1, -0.05) is 48.0 Å². The van der Waals surface area contributed by atoms with Crippen LogP contribution in [0.2, 0.25) is 0 Å². The summed E-state index contributed by atoms with van der Waals surface area (Å²) < 4.78 is 33.4. The zero-order chi connectivity index (χ0) is 24.3. The first-order valence-electron chi connectivity index (χ1n) is 11.7. The van der Waals surface area contributed by atoms with Gasteiger partial charge >= 0.3 is 0 Å². The van der Waals surface area contributed by atoms with Gasteiger partial charge in [-0.25, -0.2) is 13.4 Å². The summed E-state index contributed by atoms with van der Waals surface area (Å²) in [6.45, 7) is 2.06. The first-order valence-corrected chi connectivity index (χ1v) is 13.9. The Kier molecular flexibility index (Phi) is 7.10. The molecule has 0 radical (unpaired) electrons. The van der Waals surface area contributed by atoms with Crippen LogP contribution < -0.4 is 5.32 Å². The molecule has 0 unspecified atom stereocenters. The van der Waals surface area contributed by atoms with Gasteiger partial charge in [0.15, 0.2) is 0 Å². The molecule has 0 spiro atoms. The molecule has 0 bridgehead atoms. The number of nitrogens with one attached hydrogen (secondary N) is 1. The second kappa shape index (κ2) is 10.4. The van der Waals surface area contributed by atoms with Crippen molar-refractivity contribution in [1.82, 2.24) is 14.6 Å². The van der Waals surface area contributed by atoms with Crippen LogP contribution in [-0.4, -0.2) is 56.5 Å². The number of benzene rings is 2. The minimum atomic E-state index is -3.44. The van der Waals surface area contributed by atoms with Gasteiger partial charge in [-0.2, -0.15) is 4.31 Å². The molecule has 182 valence electrons. The highest BCUT2D eigenvalue weighted by Gasteiger charge is 2.29. The van der Waals surface area contributed by atoms with Gasteiger partial charge < -0.3 is 10.1 Å². The van der Waals surface area contributed by atoms with Crippen LogP contribution in [0, 0.1) is 0 Å². The van der Waals surface area contributed by atoms with Gasteiger partial charge in [-0.15, -0.1) is 11.3 Å². The van der Waals surface area contributed by atoms with Gasteiger partial charge in [0.2, 0.25) is 15.9 Å². The third-order valence-corrected chi connectivity index (χ3v) is 9.27. The number of amides is 1. The molecule has 1 saturated heterocycles. The summed E-state index contributed by atoms with van der Waals surface area (Å²) in [6, 6.07) is 16.4. The second-order valence-electron chi connectivity index (χ2n) is 8.58. The van der Waals surface area contributed by atoms with E-state index in [-0.39, 0.29) is 12.3 Å². The highest BCUT2D eigenvalue weighted by molar-refractivity contribution is 7.93. The normalized spacial score (nSPS) is 17.1. The Balaban J connectivity index is 1.18. The fourth-order valence-corrected chi connectivity index (χ4v) is 6.81. The maximum Gasteiger partial charge on any atom is 0.239 e. The summed E-state index contributed by atoms with van der Waals surface area (Å²) >= 11 is 1.54. The standard InChI is InChI=1S/C26H27N3O4S2/c30-25(17-26-28-23-11-8-21(16-24(23)34-26)20-4-2-1-3-5-20)27-18-19-6-9-22(10-7-19)35(31,32)29-12-14-33-15-13-29/h1-6,8-9,11,16H,7,10,12-15,17-18H2,(H,27,30). The Hall–Kier alpha value is -2.85. The fourth-order valence-electron chi connectivity index (χ4n) is 4.25. The smallest absolute Gasteiger partial charge is 0.239 e.